The topological polar surface area (TPSA) is 69.9 Å². The number of allylic oxidation sites excluding steroid dienone is 1. The number of aromatic nitrogens is 1. The number of methoxy groups -OCH3 is 1. The molecule has 6 nitrogen and oxygen atoms in total. The molecule has 2 aromatic carbocycles. The Labute approximate surface area is 189 Å². The highest BCUT2D eigenvalue weighted by molar-refractivity contribution is 7.07. The molecule has 0 aliphatic carbocycles. The summed E-state index contributed by atoms with van der Waals surface area (Å²) in [4.78, 5) is 31.2. The number of fused-ring (bicyclic) bond motifs is 1. The number of carbonyl (C=O) groups excluding carboxylic acids is 1. The van der Waals surface area contributed by atoms with Gasteiger partial charge < -0.3 is 9.47 Å². The van der Waals surface area contributed by atoms with Gasteiger partial charge in [0.15, 0.2) is 4.80 Å². The summed E-state index contributed by atoms with van der Waals surface area (Å²) in [5, 5.41) is 0. The van der Waals surface area contributed by atoms with Gasteiger partial charge in [-0.15, -0.1) is 0 Å². The minimum atomic E-state index is -0.591. The minimum Gasteiger partial charge on any atom is -0.494 e. The zero-order valence-corrected chi connectivity index (χ0v) is 19.0. The van der Waals surface area contributed by atoms with Crippen LogP contribution in [0.3, 0.4) is 0 Å². The average Bonchev–Trinajstić information content (AvgIpc) is 3.12. The predicted molar refractivity (Wildman–Crippen MR) is 124 cm³/mol. The fourth-order valence-electron chi connectivity index (χ4n) is 3.67. The first-order valence-electron chi connectivity index (χ1n) is 10.4. The van der Waals surface area contributed by atoms with Gasteiger partial charge in [0.1, 0.15) is 5.75 Å². The van der Waals surface area contributed by atoms with Gasteiger partial charge in [-0.3, -0.25) is 9.36 Å². The van der Waals surface area contributed by atoms with Crippen molar-refractivity contribution in [3.05, 3.63) is 96.7 Å². The van der Waals surface area contributed by atoms with Gasteiger partial charge in [-0.25, -0.2) is 9.79 Å². The van der Waals surface area contributed by atoms with E-state index in [4.69, 9.17) is 9.47 Å². The summed E-state index contributed by atoms with van der Waals surface area (Å²) in [5.74, 6) is 0.310. The first kappa shape index (κ1) is 21.8. The summed E-state index contributed by atoms with van der Waals surface area (Å²) in [6.07, 6.45) is 2.78. The molecule has 1 atom stereocenters. The normalized spacial score (nSPS) is 15.8. The first-order valence-corrected chi connectivity index (χ1v) is 11.2. The third-order valence-electron chi connectivity index (χ3n) is 5.19. The second-order valence-corrected chi connectivity index (χ2v) is 8.41. The largest absolute Gasteiger partial charge is 0.494 e. The number of hydrogen-bond donors (Lipinski definition) is 0. The van der Waals surface area contributed by atoms with Crippen LogP contribution in [0.5, 0.6) is 5.75 Å². The van der Waals surface area contributed by atoms with Gasteiger partial charge in [0.25, 0.3) is 5.56 Å². The number of thiazole rings is 1. The SMILES string of the molecule is CCCOc1ccc(C=c2sc3n(c2=O)C(c2ccccc2)C(C(=O)OC)=C(C)N=3)cc1. The number of benzene rings is 2. The van der Waals surface area contributed by atoms with E-state index >= 15 is 0 Å². The van der Waals surface area contributed by atoms with Crippen molar-refractivity contribution < 1.29 is 14.3 Å². The van der Waals surface area contributed by atoms with Crippen molar-refractivity contribution in [2.24, 2.45) is 4.99 Å². The highest BCUT2D eigenvalue weighted by atomic mass is 32.1. The number of ether oxygens (including phenoxy) is 2. The van der Waals surface area contributed by atoms with E-state index in [0.717, 1.165) is 23.3 Å². The highest BCUT2D eigenvalue weighted by Crippen LogP contribution is 2.30. The van der Waals surface area contributed by atoms with Gasteiger partial charge in [-0.2, -0.15) is 0 Å². The molecule has 0 amide bonds. The van der Waals surface area contributed by atoms with Crippen molar-refractivity contribution in [3.63, 3.8) is 0 Å². The Morgan fingerprint density at radius 3 is 2.53 bits per heavy atom. The van der Waals surface area contributed by atoms with E-state index in [0.29, 0.717) is 27.2 Å². The van der Waals surface area contributed by atoms with Crippen molar-refractivity contribution in [1.29, 1.82) is 0 Å². The standard InChI is InChI=1S/C25H24N2O4S/c1-4-14-31-19-12-10-17(11-13-19)15-20-23(28)27-22(18-8-6-5-7-9-18)21(24(29)30-3)16(2)26-25(27)32-20/h5-13,15,22H,4,14H2,1-3H3. The number of rotatable bonds is 6. The van der Waals surface area contributed by atoms with E-state index in [1.165, 1.54) is 18.4 Å². The van der Waals surface area contributed by atoms with Crippen LogP contribution in [0.2, 0.25) is 0 Å². The molecule has 1 aliphatic rings. The van der Waals surface area contributed by atoms with Gasteiger partial charge >= 0.3 is 5.97 Å². The molecular formula is C25H24N2O4S. The Bertz CT molecular complexity index is 1340. The van der Waals surface area contributed by atoms with Crippen LogP contribution >= 0.6 is 11.3 Å². The molecule has 0 radical (unpaired) electrons. The molecule has 1 aliphatic heterocycles. The zero-order valence-electron chi connectivity index (χ0n) is 18.2. The van der Waals surface area contributed by atoms with E-state index < -0.39 is 12.0 Å². The molecule has 1 aromatic heterocycles. The summed E-state index contributed by atoms with van der Waals surface area (Å²) in [6.45, 7) is 4.50. The van der Waals surface area contributed by atoms with Crippen LogP contribution in [0, 0.1) is 0 Å². The number of esters is 1. The van der Waals surface area contributed by atoms with Crippen LogP contribution in [0.1, 0.15) is 37.4 Å². The van der Waals surface area contributed by atoms with Crippen molar-refractivity contribution in [3.8, 4) is 5.75 Å². The van der Waals surface area contributed by atoms with Gasteiger partial charge in [-0.05, 0) is 42.7 Å². The second-order valence-electron chi connectivity index (χ2n) is 7.40. The second kappa shape index (κ2) is 9.36. The zero-order chi connectivity index (χ0) is 22.7. The van der Waals surface area contributed by atoms with E-state index in [1.807, 2.05) is 60.7 Å². The maximum atomic E-state index is 13.5. The lowest BCUT2D eigenvalue weighted by atomic mass is 9.96. The van der Waals surface area contributed by atoms with Crippen LogP contribution in [0.15, 0.2) is 75.7 Å². The Balaban J connectivity index is 1.84. The molecule has 0 N–H and O–H groups in total. The van der Waals surface area contributed by atoms with Crippen molar-refractivity contribution in [1.82, 2.24) is 4.57 Å². The smallest absolute Gasteiger partial charge is 0.338 e. The molecule has 164 valence electrons. The number of nitrogens with zero attached hydrogens (tertiary/aromatic N) is 2. The predicted octanol–water partition coefficient (Wildman–Crippen LogP) is 3.20. The van der Waals surface area contributed by atoms with E-state index in [9.17, 15) is 9.59 Å². The first-order chi connectivity index (χ1) is 15.5. The fourth-order valence-corrected chi connectivity index (χ4v) is 4.72. The highest BCUT2D eigenvalue weighted by Gasteiger charge is 2.32. The summed E-state index contributed by atoms with van der Waals surface area (Å²) in [6, 6.07) is 16.5. The van der Waals surface area contributed by atoms with Gasteiger partial charge in [-0.1, -0.05) is 60.7 Å². The summed E-state index contributed by atoms with van der Waals surface area (Å²) in [7, 11) is 1.34. The fraction of sp³-hybridized carbons (Fsp3) is 0.240. The van der Waals surface area contributed by atoms with Crippen molar-refractivity contribution in [2.45, 2.75) is 26.3 Å². The number of carbonyl (C=O) groups is 1. The lowest BCUT2D eigenvalue weighted by molar-refractivity contribution is -0.136. The molecule has 0 saturated carbocycles. The van der Waals surface area contributed by atoms with Gasteiger partial charge in [0.05, 0.1) is 35.6 Å². The van der Waals surface area contributed by atoms with E-state index in [1.54, 1.807) is 11.5 Å². The van der Waals surface area contributed by atoms with Crippen LogP contribution < -0.4 is 19.6 Å². The maximum Gasteiger partial charge on any atom is 0.338 e. The Hall–Kier alpha value is -3.45. The monoisotopic (exact) mass is 448 g/mol. The Morgan fingerprint density at radius 1 is 1.16 bits per heavy atom. The molecule has 2 heterocycles. The van der Waals surface area contributed by atoms with Crippen LogP contribution in [0.25, 0.3) is 6.08 Å². The molecule has 3 aromatic rings. The molecular weight excluding hydrogens is 424 g/mol. The summed E-state index contributed by atoms with van der Waals surface area (Å²) < 4.78 is 12.8. The third-order valence-corrected chi connectivity index (χ3v) is 6.18. The van der Waals surface area contributed by atoms with Crippen LogP contribution in [-0.2, 0) is 9.53 Å². The number of hydrogen-bond acceptors (Lipinski definition) is 6. The van der Waals surface area contributed by atoms with Crippen LogP contribution in [0.4, 0.5) is 0 Å². The van der Waals surface area contributed by atoms with E-state index in [-0.39, 0.29) is 5.56 Å². The average molecular weight is 449 g/mol. The van der Waals surface area contributed by atoms with Crippen LogP contribution in [-0.4, -0.2) is 24.3 Å². The van der Waals surface area contributed by atoms with Gasteiger partial charge in [0, 0.05) is 0 Å². The molecule has 0 spiro atoms. The Morgan fingerprint density at radius 2 is 1.88 bits per heavy atom. The molecule has 0 fully saturated rings. The molecule has 0 bridgehead atoms. The quantitative estimate of drug-likeness (QED) is 0.543. The van der Waals surface area contributed by atoms with Crippen molar-refractivity contribution >= 4 is 23.4 Å². The molecule has 1 unspecified atom stereocenters. The van der Waals surface area contributed by atoms with Gasteiger partial charge in [0.2, 0.25) is 0 Å². The lowest BCUT2D eigenvalue weighted by Gasteiger charge is -2.24. The Kier molecular flexibility index (Phi) is 6.37. The molecule has 7 heteroatoms. The molecule has 4 rings (SSSR count). The summed E-state index contributed by atoms with van der Waals surface area (Å²) >= 11 is 1.31. The van der Waals surface area contributed by atoms with Crippen molar-refractivity contribution in [2.75, 3.05) is 13.7 Å². The molecule has 0 saturated heterocycles. The minimum absolute atomic E-state index is 0.192. The summed E-state index contributed by atoms with van der Waals surface area (Å²) in [5.41, 5.74) is 2.44. The van der Waals surface area contributed by atoms with E-state index in [2.05, 4.69) is 11.9 Å². The third kappa shape index (κ3) is 4.16. The lowest BCUT2D eigenvalue weighted by Crippen LogP contribution is -2.39. The maximum absolute atomic E-state index is 13.5. The molecule has 32 heavy (non-hydrogen) atoms.